The summed E-state index contributed by atoms with van der Waals surface area (Å²) in [6.45, 7) is 10.4. The minimum absolute atomic E-state index is 0.0251. The number of esters is 2. The third-order valence-corrected chi connectivity index (χ3v) is 9.13. The molecule has 3 N–H and O–H groups in total. The number of para-hydroxylation sites is 2. The van der Waals surface area contributed by atoms with E-state index < -0.39 is 35.0 Å². The molecule has 1 aromatic heterocycles. The van der Waals surface area contributed by atoms with E-state index in [1.165, 1.54) is 24.3 Å². The molecular formula is C49H43N3O8. The highest BCUT2D eigenvalue weighted by molar-refractivity contribution is 6.11. The number of hydrogen-bond acceptors (Lipinski definition) is 9. The van der Waals surface area contributed by atoms with E-state index in [0.717, 1.165) is 21.5 Å². The number of phenolic OH excluding ortho intramolecular Hbond substituents is 1. The van der Waals surface area contributed by atoms with E-state index in [2.05, 4.69) is 15.6 Å². The Balaban J connectivity index is 1.34. The van der Waals surface area contributed by atoms with Crippen molar-refractivity contribution in [2.24, 2.45) is 0 Å². The second-order valence-electron chi connectivity index (χ2n) is 16.0. The van der Waals surface area contributed by atoms with Crippen LogP contribution in [-0.2, 0) is 9.47 Å². The Morgan fingerprint density at radius 2 is 0.967 bits per heavy atom. The van der Waals surface area contributed by atoms with Gasteiger partial charge in [-0.25, -0.2) is 14.6 Å². The highest BCUT2D eigenvalue weighted by Gasteiger charge is 2.26. The molecule has 7 rings (SSSR count). The number of anilines is 2. The van der Waals surface area contributed by atoms with E-state index in [4.69, 9.17) is 14.2 Å². The van der Waals surface area contributed by atoms with E-state index in [1.807, 2.05) is 60.7 Å². The van der Waals surface area contributed by atoms with Crippen LogP contribution in [0, 0.1) is 0 Å². The molecule has 11 heteroatoms. The van der Waals surface area contributed by atoms with Crippen LogP contribution in [-0.4, -0.2) is 45.0 Å². The third-order valence-electron chi connectivity index (χ3n) is 9.13. The van der Waals surface area contributed by atoms with Crippen LogP contribution in [0.3, 0.4) is 0 Å². The summed E-state index contributed by atoms with van der Waals surface area (Å²) >= 11 is 0. The van der Waals surface area contributed by atoms with Crippen molar-refractivity contribution < 1.29 is 38.5 Å². The molecule has 0 spiro atoms. The number of fused-ring (bicyclic) bond motifs is 2. The Morgan fingerprint density at radius 1 is 0.533 bits per heavy atom. The summed E-state index contributed by atoms with van der Waals surface area (Å²) < 4.78 is 17.8. The van der Waals surface area contributed by atoms with Gasteiger partial charge in [0.1, 0.15) is 39.8 Å². The number of carbonyl (C=O) groups excluding carboxylic acids is 4. The first-order valence-electron chi connectivity index (χ1n) is 19.2. The van der Waals surface area contributed by atoms with Crippen molar-refractivity contribution in [2.75, 3.05) is 10.6 Å². The Morgan fingerprint density at radius 3 is 1.47 bits per heavy atom. The van der Waals surface area contributed by atoms with Gasteiger partial charge in [0.15, 0.2) is 0 Å². The first kappa shape index (κ1) is 40.7. The van der Waals surface area contributed by atoms with Crippen molar-refractivity contribution >= 4 is 56.7 Å². The molecular weight excluding hydrogens is 759 g/mol. The zero-order valence-corrected chi connectivity index (χ0v) is 34.0. The fourth-order valence-electron chi connectivity index (χ4n) is 6.62. The van der Waals surface area contributed by atoms with Gasteiger partial charge in [-0.2, -0.15) is 0 Å². The molecule has 0 bridgehead atoms. The molecule has 0 atom stereocenters. The Labute approximate surface area is 347 Å². The lowest BCUT2D eigenvalue weighted by molar-refractivity contribution is 0.00580. The monoisotopic (exact) mass is 801 g/mol. The van der Waals surface area contributed by atoms with Gasteiger partial charge in [0.25, 0.3) is 11.8 Å². The SMILES string of the molecule is CC(C)(C)OC(=O)c1ccccc1NC(=O)c1cc(Oc2ccc3ccccc3c2-c2c(O)ccc3ccccc23)cc(C(=O)Nc2ccccc2C(=O)OC(C)(C)C)n1. The number of aromatic nitrogens is 1. The molecule has 0 aliphatic heterocycles. The largest absolute Gasteiger partial charge is 0.507 e. The second kappa shape index (κ2) is 16.4. The van der Waals surface area contributed by atoms with Crippen LogP contribution in [0.4, 0.5) is 11.4 Å². The summed E-state index contributed by atoms with van der Waals surface area (Å²) in [6.07, 6.45) is 0. The highest BCUT2D eigenvalue weighted by Crippen LogP contribution is 2.46. The normalized spacial score (nSPS) is 11.5. The zero-order chi connectivity index (χ0) is 42.8. The fraction of sp³-hybridized carbons (Fsp3) is 0.163. The number of phenols is 1. The van der Waals surface area contributed by atoms with Gasteiger partial charge in [-0.05, 0) is 99.5 Å². The average molecular weight is 802 g/mol. The van der Waals surface area contributed by atoms with Crippen molar-refractivity contribution in [3.63, 3.8) is 0 Å². The van der Waals surface area contributed by atoms with Gasteiger partial charge in [0.2, 0.25) is 0 Å². The summed E-state index contributed by atoms with van der Waals surface area (Å²) in [5.74, 6) is -2.42. The molecule has 2 amide bonds. The van der Waals surface area contributed by atoms with Gasteiger partial charge in [-0.1, -0.05) is 84.9 Å². The van der Waals surface area contributed by atoms with Gasteiger partial charge in [0, 0.05) is 23.3 Å². The summed E-state index contributed by atoms with van der Waals surface area (Å²) in [5, 5.41) is 20.3. The number of rotatable bonds is 9. The highest BCUT2D eigenvalue weighted by atomic mass is 16.6. The van der Waals surface area contributed by atoms with Crippen molar-refractivity contribution in [2.45, 2.75) is 52.7 Å². The number of nitrogens with zero attached hydrogens (tertiary/aromatic N) is 1. The van der Waals surface area contributed by atoms with Gasteiger partial charge in [-0.3, -0.25) is 9.59 Å². The molecule has 0 aliphatic carbocycles. The van der Waals surface area contributed by atoms with E-state index in [-0.39, 0.29) is 45.4 Å². The van der Waals surface area contributed by atoms with Crippen LogP contribution < -0.4 is 15.4 Å². The maximum Gasteiger partial charge on any atom is 0.340 e. The van der Waals surface area contributed by atoms with Crippen molar-refractivity contribution in [1.82, 2.24) is 4.98 Å². The molecule has 0 unspecified atom stereocenters. The van der Waals surface area contributed by atoms with E-state index in [0.29, 0.717) is 16.9 Å². The lowest BCUT2D eigenvalue weighted by atomic mass is 9.92. The molecule has 6 aromatic carbocycles. The van der Waals surface area contributed by atoms with E-state index in [1.54, 1.807) is 90.1 Å². The van der Waals surface area contributed by atoms with Gasteiger partial charge >= 0.3 is 11.9 Å². The predicted octanol–water partition coefficient (Wildman–Crippen LogP) is 11.0. The number of ether oxygens (including phenoxy) is 3. The number of carbonyl (C=O) groups is 4. The first-order chi connectivity index (χ1) is 28.5. The van der Waals surface area contributed by atoms with Crippen LogP contribution in [0.1, 0.15) is 83.2 Å². The first-order valence-corrected chi connectivity index (χ1v) is 19.2. The van der Waals surface area contributed by atoms with Crippen LogP contribution in [0.15, 0.2) is 133 Å². The Kier molecular flexibility index (Phi) is 11.1. The van der Waals surface area contributed by atoms with Crippen LogP contribution >= 0.6 is 0 Å². The smallest absolute Gasteiger partial charge is 0.340 e. The lowest BCUT2D eigenvalue weighted by Crippen LogP contribution is -2.25. The number of amides is 2. The quantitative estimate of drug-likeness (QED) is 0.121. The molecule has 7 aromatic rings. The second-order valence-corrected chi connectivity index (χ2v) is 16.0. The number of hydrogen-bond donors (Lipinski definition) is 3. The Bertz CT molecular complexity index is 2710. The molecule has 0 radical (unpaired) electrons. The van der Waals surface area contributed by atoms with Gasteiger partial charge in [-0.15, -0.1) is 0 Å². The van der Waals surface area contributed by atoms with Gasteiger partial charge < -0.3 is 30.0 Å². The molecule has 11 nitrogen and oxygen atoms in total. The minimum Gasteiger partial charge on any atom is -0.507 e. The van der Waals surface area contributed by atoms with E-state index >= 15 is 0 Å². The average Bonchev–Trinajstić information content (AvgIpc) is 3.20. The van der Waals surface area contributed by atoms with Crippen molar-refractivity contribution in [3.8, 4) is 28.4 Å². The zero-order valence-electron chi connectivity index (χ0n) is 34.0. The van der Waals surface area contributed by atoms with Crippen LogP contribution in [0.5, 0.6) is 17.2 Å². The Hall–Kier alpha value is -7.53. The molecule has 0 aliphatic rings. The van der Waals surface area contributed by atoms with Crippen molar-refractivity contribution in [3.05, 3.63) is 156 Å². The standard InChI is InChI=1S/C49H43N3O8/c1-48(2,3)59-46(56)34-19-11-13-21-36(34)51-44(54)38-27-31(28-39(50-38)45(55)52-37-22-14-12-20-35(37)47(57)60-49(4,5)6)58-41-26-24-30-16-8-10-18-33(30)43(41)42-32-17-9-7-15-29(32)23-25-40(42)53/h7-28,53H,1-6H3,(H,51,54)(H,52,55). The minimum atomic E-state index is -0.795. The topological polar surface area (TPSA) is 153 Å². The maximum atomic E-state index is 14.1. The van der Waals surface area contributed by atoms with Crippen LogP contribution in [0.2, 0.25) is 0 Å². The molecule has 302 valence electrons. The lowest BCUT2D eigenvalue weighted by Gasteiger charge is -2.21. The summed E-state index contributed by atoms with van der Waals surface area (Å²) in [6, 6.07) is 37.9. The van der Waals surface area contributed by atoms with Crippen LogP contribution in [0.25, 0.3) is 32.7 Å². The third kappa shape index (κ3) is 9.11. The fourth-order valence-corrected chi connectivity index (χ4v) is 6.62. The number of aromatic hydroxyl groups is 1. The van der Waals surface area contributed by atoms with E-state index in [9.17, 15) is 24.3 Å². The van der Waals surface area contributed by atoms with Gasteiger partial charge in [0.05, 0.1) is 22.5 Å². The molecule has 60 heavy (non-hydrogen) atoms. The van der Waals surface area contributed by atoms with Crippen molar-refractivity contribution in [1.29, 1.82) is 0 Å². The number of nitrogens with one attached hydrogen (secondary N) is 2. The number of pyridine rings is 1. The molecule has 0 saturated carbocycles. The molecule has 0 fully saturated rings. The summed E-state index contributed by atoms with van der Waals surface area (Å²) in [4.78, 5) is 59.0. The molecule has 0 saturated heterocycles. The number of benzene rings is 6. The predicted molar refractivity (Wildman–Crippen MR) is 232 cm³/mol. The maximum absolute atomic E-state index is 14.1. The molecule has 1 heterocycles. The summed E-state index contributed by atoms with van der Waals surface area (Å²) in [5.41, 5.74) is -0.403. The summed E-state index contributed by atoms with van der Waals surface area (Å²) in [7, 11) is 0.